The topological polar surface area (TPSA) is 35.2 Å². The minimum atomic E-state index is 0.0412. The predicted molar refractivity (Wildman–Crippen MR) is 81.9 cm³/mol. The molecule has 0 heterocycles. The molecule has 0 aliphatic heterocycles. The highest BCUT2D eigenvalue weighted by atomic mass is 16.5. The second-order valence-corrected chi connectivity index (χ2v) is 5.54. The molecule has 2 N–H and O–H groups in total. The molecule has 0 bridgehead atoms. The largest absolute Gasteiger partial charge is 0.496 e. The van der Waals surface area contributed by atoms with Gasteiger partial charge in [0.1, 0.15) is 5.75 Å². The van der Waals surface area contributed by atoms with E-state index in [1.54, 1.807) is 7.11 Å². The molecule has 0 spiro atoms. The van der Waals surface area contributed by atoms with Gasteiger partial charge in [-0.3, -0.25) is 0 Å². The number of fused-ring (bicyclic) bond motifs is 1. The van der Waals surface area contributed by atoms with Gasteiger partial charge in [-0.15, -0.1) is 0 Å². The lowest BCUT2D eigenvalue weighted by Gasteiger charge is -2.30. The van der Waals surface area contributed by atoms with Crippen LogP contribution in [-0.4, -0.2) is 7.11 Å². The van der Waals surface area contributed by atoms with Crippen molar-refractivity contribution in [3.05, 3.63) is 65.2 Å². The maximum atomic E-state index is 6.52. The van der Waals surface area contributed by atoms with Crippen molar-refractivity contribution in [1.82, 2.24) is 0 Å². The molecule has 0 amide bonds. The summed E-state index contributed by atoms with van der Waals surface area (Å²) in [5, 5.41) is 0. The summed E-state index contributed by atoms with van der Waals surface area (Å²) in [5.74, 6) is 1.39. The van der Waals surface area contributed by atoms with Crippen molar-refractivity contribution in [3.8, 4) is 5.75 Å². The van der Waals surface area contributed by atoms with Crippen molar-refractivity contribution in [1.29, 1.82) is 0 Å². The molecule has 2 aromatic carbocycles. The van der Waals surface area contributed by atoms with Crippen LogP contribution in [-0.2, 0) is 12.8 Å². The molecule has 20 heavy (non-hydrogen) atoms. The van der Waals surface area contributed by atoms with Crippen LogP contribution < -0.4 is 10.5 Å². The molecule has 0 saturated carbocycles. The van der Waals surface area contributed by atoms with E-state index < -0.39 is 0 Å². The molecule has 0 radical (unpaired) electrons. The third-order valence-corrected chi connectivity index (χ3v) is 4.39. The summed E-state index contributed by atoms with van der Waals surface area (Å²) < 4.78 is 5.45. The summed E-state index contributed by atoms with van der Waals surface area (Å²) in [4.78, 5) is 0. The van der Waals surface area contributed by atoms with Gasteiger partial charge in [0.05, 0.1) is 7.11 Å². The van der Waals surface area contributed by atoms with Crippen LogP contribution in [0.5, 0.6) is 5.75 Å². The van der Waals surface area contributed by atoms with Gasteiger partial charge in [-0.1, -0.05) is 42.5 Å². The summed E-state index contributed by atoms with van der Waals surface area (Å²) in [7, 11) is 1.71. The van der Waals surface area contributed by atoms with E-state index in [0.29, 0.717) is 5.92 Å². The monoisotopic (exact) mass is 267 g/mol. The lowest BCUT2D eigenvalue weighted by molar-refractivity contribution is 0.359. The Morgan fingerprint density at radius 3 is 2.55 bits per heavy atom. The molecular weight excluding hydrogens is 246 g/mol. The lowest BCUT2D eigenvalue weighted by atomic mass is 9.78. The van der Waals surface area contributed by atoms with Gasteiger partial charge in [-0.2, -0.15) is 0 Å². The summed E-state index contributed by atoms with van der Waals surface area (Å²) in [5.41, 5.74) is 10.6. The van der Waals surface area contributed by atoms with Crippen LogP contribution in [0.25, 0.3) is 0 Å². The zero-order chi connectivity index (χ0) is 13.9. The van der Waals surface area contributed by atoms with E-state index in [4.69, 9.17) is 10.5 Å². The molecule has 0 aromatic heterocycles. The Kier molecular flexibility index (Phi) is 3.75. The third kappa shape index (κ3) is 2.44. The zero-order valence-corrected chi connectivity index (χ0v) is 11.9. The SMILES string of the molecule is COc1ccccc1C(N)C1CCc2ccccc2C1. The van der Waals surface area contributed by atoms with Crippen LogP contribution >= 0.6 is 0 Å². The van der Waals surface area contributed by atoms with Crippen LogP contribution in [0, 0.1) is 5.92 Å². The molecule has 2 unspecified atom stereocenters. The molecule has 0 saturated heterocycles. The predicted octanol–water partition coefficient (Wildman–Crippen LogP) is 3.50. The lowest BCUT2D eigenvalue weighted by Crippen LogP contribution is -2.27. The zero-order valence-electron chi connectivity index (χ0n) is 11.9. The maximum Gasteiger partial charge on any atom is 0.123 e. The number of benzene rings is 2. The van der Waals surface area contributed by atoms with Gasteiger partial charge in [0.25, 0.3) is 0 Å². The number of ether oxygens (including phenoxy) is 1. The fourth-order valence-electron chi connectivity index (χ4n) is 3.23. The average molecular weight is 267 g/mol. The van der Waals surface area contributed by atoms with Gasteiger partial charge < -0.3 is 10.5 Å². The van der Waals surface area contributed by atoms with E-state index in [1.165, 1.54) is 11.1 Å². The Balaban J connectivity index is 1.84. The Labute approximate surface area is 120 Å². The summed E-state index contributed by atoms with van der Waals surface area (Å²) in [6.07, 6.45) is 3.34. The van der Waals surface area contributed by atoms with Gasteiger partial charge in [0.15, 0.2) is 0 Å². The summed E-state index contributed by atoms with van der Waals surface area (Å²) >= 11 is 0. The van der Waals surface area contributed by atoms with E-state index >= 15 is 0 Å². The van der Waals surface area contributed by atoms with E-state index in [1.807, 2.05) is 18.2 Å². The molecule has 1 aliphatic carbocycles. The number of nitrogens with two attached hydrogens (primary N) is 1. The quantitative estimate of drug-likeness (QED) is 0.923. The highest BCUT2D eigenvalue weighted by Crippen LogP contribution is 2.35. The Hall–Kier alpha value is -1.80. The molecule has 2 nitrogen and oxygen atoms in total. The molecule has 2 aromatic rings. The first-order valence-corrected chi connectivity index (χ1v) is 7.25. The fraction of sp³-hybridized carbons (Fsp3) is 0.333. The number of para-hydroxylation sites is 1. The van der Waals surface area contributed by atoms with Crippen LogP contribution in [0.15, 0.2) is 48.5 Å². The Bertz CT molecular complexity index is 593. The minimum Gasteiger partial charge on any atom is -0.496 e. The van der Waals surface area contributed by atoms with E-state index in [0.717, 1.165) is 30.6 Å². The number of hydrogen-bond acceptors (Lipinski definition) is 2. The highest BCUT2D eigenvalue weighted by molar-refractivity contribution is 5.37. The smallest absolute Gasteiger partial charge is 0.123 e. The number of aryl methyl sites for hydroxylation is 1. The van der Waals surface area contributed by atoms with Crippen LogP contribution in [0.3, 0.4) is 0 Å². The summed E-state index contributed by atoms with van der Waals surface area (Å²) in [6.45, 7) is 0. The number of methoxy groups -OCH3 is 1. The second-order valence-electron chi connectivity index (χ2n) is 5.54. The number of hydrogen-bond donors (Lipinski definition) is 1. The minimum absolute atomic E-state index is 0.0412. The van der Waals surface area contributed by atoms with Crippen LogP contribution in [0.2, 0.25) is 0 Å². The molecule has 2 atom stereocenters. The van der Waals surface area contributed by atoms with Crippen molar-refractivity contribution < 1.29 is 4.74 Å². The highest BCUT2D eigenvalue weighted by Gasteiger charge is 2.26. The van der Waals surface area contributed by atoms with Crippen molar-refractivity contribution in [2.45, 2.75) is 25.3 Å². The van der Waals surface area contributed by atoms with Gasteiger partial charge in [0, 0.05) is 11.6 Å². The second kappa shape index (κ2) is 5.68. The number of rotatable bonds is 3. The Morgan fingerprint density at radius 1 is 1.05 bits per heavy atom. The fourth-order valence-corrected chi connectivity index (χ4v) is 3.23. The molecule has 1 aliphatic rings. The maximum absolute atomic E-state index is 6.52. The molecule has 2 heteroatoms. The van der Waals surface area contributed by atoms with Gasteiger partial charge >= 0.3 is 0 Å². The average Bonchev–Trinajstić information content (AvgIpc) is 2.53. The van der Waals surface area contributed by atoms with Gasteiger partial charge in [0.2, 0.25) is 0 Å². The van der Waals surface area contributed by atoms with Crippen molar-refractivity contribution in [3.63, 3.8) is 0 Å². The standard InChI is InChI=1S/C18H21NO/c1-20-17-9-5-4-8-16(17)18(19)15-11-10-13-6-2-3-7-14(13)12-15/h2-9,15,18H,10-12,19H2,1H3. The first kappa shape index (κ1) is 13.2. The van der Waals surface area contributed by atoms with E-state index in [2.05, 4.69) is 30.3 Å². The van der Waals surface area contributed by atoms with Crippen molar-refractivity contribution in [2.75, 3.05) is 7.11 Å². The van der Waals surface area contributed by atoms with Crippen LogP contribution in [0.1, 0.15) is 29.2 Å². The first-order valence-electron chi connectivity index (χ1n) is 7.25. The Morgan fingerprint density at radius 2 is 1.75 bits per heavy atom. The van der Waals surface area contributed by atoms with Gasteiger partial charge in [-0.25, -0.2) is 0 Å². The van der Waals surface area contributed by atoms with Crippen LogP contribution in [0.4, 0.5) is 0 Å². The molecular formula is C18H21NO. The molecule has 0 fully saturated rings. The van der Waals surface area contributed by atoms with E-state index in [-0.39, 0.29) is 6.04 Å². The molecule has 3 rings (SSSR count). The normalized spacial score (nSPS) is 19.2. The summed E-state index contributed by atoms with van der Waals surface area (Å²) in [6, 6.07) is 16.9. The van der Waals surface area contributed by atoms with Gasteiger partial charge in [-0.05, 0) is 42.4 Å². The third-order valence-electron chi connectivity index (χ3n) is 4.39. The molecule has 104 valence electrons. The van der Waals surface area contributed by atoms with Crippen molar-refractivity contribution in [2.24, 2.45) is 11.7 Å². The van der Waals surface area contributed by atoms with Crippen molar-refractivity contribution >= 4 is 0 Å². The first-order chi connectivity index (χ1) is 9.79. The van der Waals surface area contributed by atoms with E-state index in [9.17, 15) is 0 Å².